The number of amidine groups is 1. The number of anilines is 1. The lowest BCUT2D eigenvalue weighted by Gasteiger charge is -2.41. The standard InChI is InChI=1S/C22H30N4O6S3/c1-34(29,30)23-10-14-12-33-21-19(14)35(31,32)25-20(24-21)17-18(27)15-8-5-9-16(15)26(22(17)28)11-13-6-3-2-4-7-13/h12-13,15-16,23,27H,2-11H2,1H3,(H,24,25). The smallest absolute Gasteiger partial charge is 0.287 e. The van der Waals surface area contributed by atoms with Crippen molar-refractivity contribution in [3.63, 3.8) is 0 Å². The van der Waals surface area contributed by atoms with E-state index in [1.807, 2.05) is 4.90 Å². The Hall–Kier alpha value is -1.96. The third-order valence-electron chi connectivity index (χ3n) is 7.42. The maximum absolute atomic E-state index is 13.7. The number of hydrogen-bond donors (Lipinski definition) is 3. The van der Waals surface area contributed by atoms with Crippen LogP contribution in [-0.2, 0) is 31.4 Å². The molecule has 2 fully saturated rings. The highest BCUT2D eigenvalue weighted by atomic mass is 32.2. The van der Waals surface area contributed by atoms with Crippen molar-refractivity contribution in [1.29, 1.82) is 0 Å². The molecule has 2 atom stereocenters. The molecule has 2 aliphatic heterocycles. The largest absolute Gasteiger partial charge is 0.511 e. The van der Waals surface area contributed by atoms with Gasteiger partial charge in [-0.1, -0.05) is 25.7 Å². The monoisotopic (exact) mass is 542 g/mol. The number of carbonyl (C=O) groups is 1. The summed E-state index contributed by atoms with van der Waals surface area (Å²) in [5, 5.41) is 15.9. The lowest BCUT2D eigenvalue weighted by atomic mass is 9.85. The Bertz CT molecular complexity index is 1310. The van der Waals surface area contributed by atoms with Crippen LogP contribution in [0.25, 0.3) is 0 Å². The highest BCUT2D eigenvalue weighted by Gasteiger charge is 2.47. The van der Waals surface area contributed by atoms with Crippen molar-refractivity contribution in [2.24, 2.45) is 16.2 Å². The lowest BCUT2D eigenvalue weighted by molar-refractivity contribution is -0.132. The van der Waals surface area contributed by atoms with Crippen LogP contribution in [0.2, 0.25) is 0 Å². The Morgan fingerprint density at radius 2 is 1.94 bits per heavy atom. The van der Waals surface area contributed by atoms with E-state index >= 15 is 0 Å². The summed E-state index contributed by atoms with van der Waals surface area (Å²) in [5.41, 5.74) is 0.205. The van der Waals surface area contributed by atoms with Crippen molar-refractivity contribution in [2.75, 3.05) is 18.1 Å². The minimum Gasteiger partial charge on any atom is -0.511 e. The average molecular weight is 543 g/mol. The number of sulfonamides is 2. The zero-order valence-corrected chi connectivity index (χ0v) is 21.9. The summed E-state index contributed by atoms with van der Waals surface area (Å²) < 4.78 is 55.4. The molecule has 1 aromatic rings. The molecule has 3 N–H and O–H groups in total. The van der Waals surface area contributed by atoms with E-state index in [-0.39, 0.29) is 57.0 Å². The van der Waals surface area contributed by atoms with Crippen LogP contribution in [0, 0.1) is 11.8 Å². The number of amides is 1. The number of thiophene rings is 1. The van der Waals surface area contributed by atoms with Gasteiger partial charge in [-0.05, 0) is 37.0 Å². The number of aliphatic hydroxyl groups is 1. The fourth-order valence-corrected chi connectivity index (χ4v) is 8.82. The zero-order chi connectivity index (χ0) is 25.0. The summed E-state index contributed by atoms with van der Waals surface area (Å²) in [6.45, 7) is 0.421. The van der Waals surface area contributed by atoms with Gasteiger partial charge >= 0.3 is 0 Å². The van der Waals surface area contributed by atoms with Crippen LogP contribution >= 0.6 is 11.3 Å². The van der Waals surface area contributed by atoms with Gasteiger partial charge in [0.15, 0.2) is 5.84 Å². The van der Waals surface area contributed by atoms with Crippen LogP contribution in [0.1, 0.15) is 56.9 Å². The number of carbonyl (C=O) groups excluding carboxylic acids is 1. The van der Waals surface area contributed by atoms with E-state index in [9.17, 15) is 26.7 Å². The van der Waals surface area contributed by atoms with Gasteiger partial charge < -0.3 is 15.3 Å². The molecule has 3 heterocycles. The summed E-state index contributed by atoms with van der Waals surface area (Å²) in [6, 6.07) is -0.0695. The van der Waals surface area contributed by atoms with Crippen LogP contribution in [0.4, 0.5) is 5.00 Å². The molecule has 0 saturated heterocycles. The Morgan fingerprint density at radius 3 is 2.66 bits per heavy atom. The zero-order valence-electron chi connectivity index (χ0n) is 19.5. The van der Waals surface area contributed by atoms with Crippen molar-refractivity contribution >= 4 is 48.1 Å². The van der Waals surface area contributed by atoms with Gasteiger partial charge in [-0.3, -0.25) is 4.79 Å². The maximum atomic E-state index is 13.7. The predicted molar refractivity (Wildman–Crippen MR) is 133 cm³/mol. The third-order valence-corrected chi connectivity index (χ3v) is 10.6. The molecular formula is C22H30N4O6S3. The first-order valence-electron chi connectivity index (χ1n) is 12.0. The predicted octanol–water partition coefficient (Wildman–Crippen LogP) is 2.71. The van der Waals surface area contributed by atoms with Gasteiger partial charge in [0.05, 0.1) is 6.26 Å². The minimum atomic E-state index is -4.22. The number of aliphatic hydroxyl groups excluding tert-OH is 1. The number of nitrogens with one attached hydrogen (secondary N) is 2. The highest BCUT2D eigenvalue weighted by Crippen LogP contribution is 2.43. The summed E-state index contributed by atoms with van der Waals surface area (Å²) in [4.78, 5) is 15.5. The van der Waals surface area contributed by atoms with Crippen molar-refractivity contribution in [1.82, 2.24) is 9.62 Å². The van der Waals surface area contributed by atoms with Crippen LogP contribution < -0.4 is 10.0 Å². The second-order valence-corrected chi connectivity index (χ2v) is 14.1. The van der Waals surface area contributed by atoms with Gasteiger partial charge in [0.2, 0.25) is 10.0 Å². The molecule has 0 radical (unpaired) electrons. The van der Waals surface area contributed by atoms with Crippen molar-refractivity contribution in [3.05, 3.63) is 22.3 Å². The maximum Gasteiger partial charge on any atom is 0.287 e. The van der Waals surface area contributed by atoms with E-state index in [0.717, 1.165) is 62.5 Å². The molecule has 4 aliphatic rings. The van der Waals surface area contributed by atoms with Crippen LogP contribution in [0.15, 0.2) is 26.0 Å². The average Bonchev–Trinajstić information content (AvgIpc) is 3.43. The number of hydrogen-bond acceptors (Lipinski definition) is 8. The van der Waals surface area contributed by atoms with Crippen LogP contribution in [-0.4, -0.2) is 57.4 Å². The molecule has 2 unspecified atom stereocenters. The molecule has 5 rings (SSSR count). The fraction of sp³-hybridized carbons (Fsp3) is 0.636. The molecule has 2 saturated carbocycles. The molecule has 1 amide bonds. The van der Waals surface area contributed by atoms with E-state index in [2.05, 4.69) is 14.4 Å². The van der Waals surface area contributed by atoms with Gasteiger partial charge in [-0.25, -0.2) is 13.1 Å². The molecule has 0 spiro atoms. The Balaban J connectivity index is 1.48. The molecular weight excluding hydrogens is 512 g/mol. The summed E-state index contributed by atoms with van der Waals surface area (Å²) in [6.07, 6.45) is 9.11. The van der Waals surface area contributed by atoms with Crippen molar-refractivity contribution in [2.45, 2.75) is 68.8 Å². The third kappa shape index (κ3) is 4.75. The first kappa shape index (κ1) is 24.7. The quantitative estimate of drug-likeness (QED) is 0.501. The minimum absolute atomic E-state index is 0.0672. The number of nitrogens with zero attached hydrogens (tertiary/aromatic N) is 2. The van der Waals surface area contributed by atoms with E-state index in [1.165, 1.54) is 6.42 Å². The van der Waals surface area contributed by atoms with E-state index in [0.29, 0.717) is 12.5 Å². The Kier molecular flexibility index (Phi) is 6.47. The molecule has 35 heavy (non-hydrogen) atoms. The first-order valence-corrected chi connectivity index (χ1v) is 16.2. The van der Waals surface area contributed by atoms with E-state index in [4.69, 9.17) is 0 Å². The molecule has 0 aromatic carbocycles. The van der Waals surface area contributed by atoms with Gasteiger partial charge in [0.25, 0.3) is 15.9 Å². The summed E-state index contributed by atoms with van der Waals surface area (Å²) in [5.74, 6) is -0.440. The normalized spacial score (nSPS) is 26.8. The Morgan fingerprint density at radius 1 is 1.20 bits per heavy atom. The van der Waals surface area contributed by atoms with Gasteiger partial charge in [0.1, 0.15) is 21.2 Å². The molecule has 2 aliphatic carbocycles. The SMILES string of the molecule is CS(=O)(=O)NCc1csc2c1S(=O)(=O)N=C(C1=C(O)C3CCCC3N(CC3CCCCC3)C1=O)N2. The number of fused-ring (bicyclic) bond motifs is 2. The topological polar surface area (TPSA) is 145 Å². The molecule has 192 valence electrons. The fourth-order valence-electron chi connectivity index (χ4n) is 5.80. The van der Waals surface area contributed by atoms with E-state index < -0.39 is 20.0 Å². The summed E-state index contributed by atoms with van der Waals surface area (Å²) in [7, 11) is -7.74. The molecule has 0 bridgehead atoms. The second-order valence-electron chi connectivity index (χ2n) is 9.88. The molecule has 1 aromatic heterocycles. The second kappa shape index (κ2) is 9.16. The van der Waals surface area contributed by atoms with Crippen LogP contribution in [0.5, 0.6) is 0 Å². The van der Waals surface area contributed by atoms with Crippen LogP contribution in [0.3, 0.4) is 0 Å². The van der Waals surface area contributed by atoms with Gasteiger partial charge in [0, 0.05) is 30.6 Å². The van der Waals surface area contributed by atoms with Crippen molar-refractivity contribution < 1.29 is 26.7 Å². The lowest BCUT2D eigenvalue weighted by Crippen LogP contribution is -2.51. The highest BCUT2D eigenvalue weighted by molar-refractivity contribution is 7.91. The molecule has 10 nitrogen and oxygen atoms in total. The van der Waals surface area contributed by atoms with Crippen molar-refractivity contribution in [3.8, 4) is 0 Å². The first-order chi connectivity index (χ1) is 16.5. The Labute approximate surface area is 209 Å². The molecule has 13 heteroatoms. The summed E-state index contributed by atoms with van der Waals surface area (Å²) >= 11 is 1.09. The van der Waals surface area contributed by atoms with E-state index in [1.54, 1.807) is 5.38 Å². The van der Waals surface area contributed by atoms with Gasteiger partial charge in [-0.15, -0.1) is 15.7 Å². The van der Waals surface area contributed by atoms with Gasteiger partial charge in [-0.2, -0.15) is 8.42 Å². The number of rotatable bonds is 6.